The highest BCUT2D eigenvalue weighted by atomic mass is 35.5. The second kappa shape index (κ2) is 7.07. The zero-order valence-electron chi connectivity index (χ0n) is 14.8. The fourth-order valence-corrected chi connectivity index (χ4v) is 3.90. The van der Waals surface area contributed by atoms with E-state index in [-0.39, 0.29) is 5.56 Å². The van der Waals surface area contributed by atoms with Gasteiger partial charge in [-0.05, 0) is 43.2 Å². The summed E-state index contributed by atoms with van der Waals surface area (Å²) in [6.07, 6.45) is 2.35. The highest BCUT2D eigenvalue weighted by Gasteiger charge is 2.22. The van der Waals surface area contributed by atoms with Crippen LogP contribution in [0, 0.1) is 0 Å². The van der Waals surface area contributed by atoms with Crippen LogP contribution in [0.4, 0.5) is 5.82 Å². The van der Waals surface area contributed by atoms with E-state index in [1.165, 1.54) is 24.6 Å². The number of aromatic nitrogens is 4. The first-order valence-electron chi connectivity index (χ1n) is 9.00. The van der Waals surface area contributed by atoms with Gasteiger partial charge in [0.2, 0.25) is 0 Å². The van der Waals surface area contributed by atoms with Crippen LogP contribution in [0.1, 0.15) is 18.7 Å². The van der Waals surface area contributed by atoms with Crippen LogP contribution < -0.4 is 10.9 Å². The van der Waals surface area contributed by atoms with Crippen molar-refractivity contribution in [2.75, 3.05) is 5.32 Å². The molecule has 0 radical (unpaired) electrons. The van der Waals surface area contributed by atoms with Crippen molar-refractivity contribution in [1.82, 2.24) is 19.9 Å². The number of rotatable bonds is 5. The van der Waals surface area contributed by atoms with Crippen molar-refractivity contribution in [3.8, 4) is 0 Å². The normalized spacial score (nSPS) is 13.9. The van der Waals surface area contributed by atoms with Gasteiger partial charge >= 0.3 is 0 Å². The van der Waals surface area contributed by atoms with E-state index in [1.807, 2.05) is 24.3 Å². The topological polar surface area (TPSA) is 83.6 Å². The Hall–Kier alpha value is -2.64. The predicted molar refractivity (Wildman–Crippen MR) is 113 cm³/mol. The summed E-state index contributed by atoms with van der Waals surface area (Å²) >= 11 is 7.42. The molecule has 0 unspecified atom stereocenters. The quantitative estimate of drug-likeness (QED) is 0.376. The van der Waals surface area contributed by atoms with Gasteiger partial charge in [-0.15, -0.1) is 0 Å². The minimum absolute atomic E-state index is 0.196. The first-order chi connectivity index (χ1) is 13.7. The van der Waals surface area contributed by atoms with Crippen LogP contribution in [0.15, 0.2) is 52.4 Å². The molecule has 2 aromatic heterocycles. The van der Waals surface area contributed by atoms with Crippen molar-refractivity contribution < 1.29 is 0 Å². The average Bonchev–Trinajstić information content (AvgIpc) is 3.51. The molecule has 0 atom stereocenters. The third-order valence-electron chi connectivity index (χ3n) is 4.56. The van der Waals surface area contributed by atoms with E-state index >= 15 is 0 Å². The van der Waals surface area contributed by atoms with E-state index in [1.54, 1.807) is 18.2 Å². The summed E-state index contributed by atoms with van der Waals surface area (Å²) in [5.41, 5.74) is 1.33. The van der Waals surface area contributed by atoms with Crippen LogP contribution in [-0.4, -0.2) is 26.0 Å². The Morgan fingerprint density at radius 1 is 1.07 bits per heavy atom. The summed E-state index contributed by atoms with van der Waals surface area (Å²) in [6.45, 7) is 0. The fraction of sp³-hybridized carbons (Fsp3) is 0.200. The minimum atomic E-state index is -0.196. The number of benzene rings is 2. The van der Waals surface area contributed by atoms with E-state index in [2.05, 4.69) is 20.3 Å². The number of anilines is 1. The molecule has 1 aliphatic rings. The SMILES string of the molecule is O=c1[nH]c(CSc2nc(NC3CC3)c3ccccc3n2)nc2ccc(Cl)cc12. The number of fused-ring (bicyclic) bond motifs is 2. The van der Waals surface area contributed by atoms with Crippen molar-refractivity contribution in [3.63, 3.8) is 0 Å². The van der Waals surface area contributed by atoms with Gasteiger partial charge in [0, 0.05) is 16.5 Å². The third-order valence-corrected chi connectivity index (χ3v) is 5.65. The molecule has 8 heteroatoms. The maximum atomic E-state index is 12.3. The van der Waals surface area contributed by atoms with E-state index in [0.29, 0.717) is 38.7 Å². The van der Waals surface area contributed by atoms with Gasteiger partial charge in [-0.1, -0.05) is 35.5 Å². The monoisotopic (exact) mass is 409 g/mol. The molecule has 1 aliphatic carbocycles. The summed E-state index contributed by atoms with van der Waals surface area (Å²) in [6, 6.07) is 13.6. The van der Waals surface area contributed by atoms with Gasteiger partial charge in [-0.25, -0.2) is 15.0 Å². The van der Waals surface area contributed by atoms with Crippen LogP contribution in [0.5, 0.6) is 0 Å². The highest BCUT2D eigenvalue weighted by Crippen LogP contribution is 2.30. The largest absolute Gasteiger partial charge is 0.367 e. The molecule has 0 aliphatic heterocycles. The Bertz CT molecular complexity index is 1250. The standard InChI is InChI=1S/C20H16ClN5OS/c21-11-5-8-16-14(9-11)19(27)25-17(23-16)10-28-20-24-15-4-2-1-3-13(15)18(26-20)22-12-6-7-12/h1-5,8-9,12H,6-7,10H2,(H,22,24,26)(H,23,25,27). The lowest BCUT2D eigenvalue weighted by Crippen LogP contribution is -2.11. The van der Waals surface area contributed by atoms with E-state index in [4.69, 9.17) is 16.6 Å². The zero-order chi connectivity index (χ0) is 19.1. The smallest absolute Gasteiger partial charge is 0.258 e. The lowest BCUT2D eigenvalue weighted by molar-refractivity contribution is 0.975. The van der Waals surface area contributed by atoms with Gasteiger partial charge in [0.25, 0.3) is 5.56 Å². The molecule has 0 bridgehead atoms. The van der Waals surface area contributed by atoms with E-state index in [9.17, 15) is 4.79 Å². The maximum Gasteiger partial charge on any atom is 0.258 e. The van der Waals surface area contributed by atoms with Gasteiger partial charge < -0.3 is 10.3 Å². The average molecular weight is 410 g/mol. The van der Waals surface area contributed by atoms with Crippen molar-refractivity contribution in [1.29, 1.82) is 0 Å². The first kappa shape index (κ1) is 17.5. The van der Waals surface area contributed by atoms with Crippen molar-refractivity contribution in [3.05, 3.63) is 63.7 Å². The number of nitrogens with one attached hydrogen (secondary N) is 2. The number of halogens is 1. The summed E-state index contributed by atoms with van der Waals surface area (Å²) in [5, 5.41) is 6.16. The number of hydrogen-bond acceptors (Lipinski definition) is 6. The number of thioether (sulfide) groups is 1. The molecule has 2 N–H and O–H groups in total. The summed E-state index contributed by atoms with van der Waals surface area (Å²) in [4.78, 5) is 29.0. The number of nitrogens with zero attached hydrogens (tertiary/aromatic N) is 3. The fourth-order valence-electron chi connectivity index (χ4n) is 3.01. The van der Waals surface area contributed by atoms with Gasteiger partial charge in [0.05, 0.1) is 22.2 Å². The molecule has 0 spiro atoms. The Morgan fingerprint density at radius 3 is 2.75 bits per heavy atom. The predicted octanol–water partition coefficient (Wildman–Crippen LogP) is 4.39. The number of aromatic amines is 1. The van der Waals surface area contributed by atoms with Crippen LogP contribution in [0.2, 0.25) is 5.02 Å². The van der Waals surface area contributed by atoms with Gasteiger partial charge in [0.15, 0.2) is 5.16 Å². The summed E-state index contributed by atoms with van der Waals surface area (Å²) in [7, 11) is 0. The number of hydrogen-bond donors (Lipinski definition) is 2. The molecule has 2 heterocycles. The van der Waals surface area contributed by atoms with Gasteiger partial charge in [-0.3, -0.25) is 4.79 Å². The Kier molecular flexibility index (Phi) is 4.41. The van der Waals surface area contributed by atoms with E-state index in [0.717, 1.165) is 16.7 Å². The van der Waals surface area contributed by atoms with Crippen LogP contribution in [0.3, 0.4) is 0 Å². The highest BCUT2D eigenvalue weighted by molar-refractivity contribution is 7.98. The lowest BCUT2D eigenvalue weighted by Gasteiger charge is -2.10. The molecule has 140 valence electrons. The third kappa shape index (κ3) is 3.55. The van der Waals surface area contributed by atoms with Crippen molar-refractivity contribution in [2.45, 2.75) is 29.8 Å². The Balaban J connectivity index is 1.45. The minimum Gasteiger partial charge on any atom is -0.367 e. The summed E-state index contributed by atoms with van der Waals surface area (Å²) < 4.78 is 0. The molecule has 28 heavy (non-hydrogen) atoms. The number of para-hydroxylation sites is 1. The maximum absolute atomic E-state index is 12.3. The molecule has 0 saturated heterocycles. The van der Waals surface area contributed by atoms with Crippen LogP contribution >= 0.6 is 23.4 Å². The first-order valence-corrected chi connectivity index (χ1v) is 10.4. The van der Waals surface area contributed by atoms with Crippen LogP contribution in [0.25, 0.3) is 21.8 Å². The zero-order valence-corrected chi connectivity index (χ0v) is 16.3. The molecule has 0 amide bonds. The molecular weight excluding hydrogens is 394 g/mol. The molecule has 5 rings (SSSR count). The van der Waals surface area contributed by atoms with Gasteiger partial charge in [0.1, 0.15) is 11.6 Å². The number of H-pyrrole nitrogens is 1. The Morgan fingerprint density at radius 2 is 1.89 bits per heavy atom. The Labute approximate surface area is 169 Å². The molecule has 2 aromatic carbocycles. The molecule has 1 fully saturated rings. The van der Waals surface area contributed by atoms with Crippen molar-refractivity contribution in [2.24, 2.45) is 0 Å². The lowest BCUT2D eigenvalue weighted by atomic mass is 10.2. The second-order valence-corrected chi connectivity index (χ2v) is 8.13. The van der Waals surface area contributed by atoms with Crippen LogP contribution in [-0.2, 0) is 5.75 Å². The summed E-state index contributed by atoms with van der Waals surface area (Å²) in [5.74, 6) is 1.91. The van der Waals surface area contributed by atoms with Gasteiger partial charge in [-0.2, -0.15) is 0 Å². The van der Waals surface area contributed by atoms with E-state index < -0.39 is 0 Å². The molecular formula is C20H16ClN5OS. The second-order valence-electron chi connectivity index (χ2n) is 6.75. The molecule has 6 nitrogen and oxygen atoms in total. The van der Waals surface area contributed by atoms with Crippen molar-refractivity contribution >= 4 is 51.0 Å². The molecule has 4 aromatic rings. The molecule has 1 saturated carbocycles.